The van der Waals surface area contributed by atoms with Gasteiger partial charge in [0.1, 0.15) is 5.75 Å². The van der Waals surface area contributed by atoms with Crippen LogP contribution in [-0.2, 0) is 13.0 Å². The molecular formula is C20H29IN4O. The largest absolute Gasteiger partial charge is 0.494 e. The normalized spacial score (nSPS) is 10.8. The molecule has 1 heterocycles. The molecule has 0 atom stereocenters. The van der Waals surface area contributed by atoms with E-state index in [0.717, 1.165) is 42.5 Å². The van der Waals surface area contributed by atoms with Gasteiger partial charge in [-0.05, 0) is 44.5 Å². The second kappa shape index (κ2) is 12.5. The second-order valence-electron chi connectivity index (χ2n) is 5.74. The van der Waals surface area contributed by atoms with Crippen LogP contribution >= 0.6 is 24.0 Å². The summed E-state index contributed by atoms with van der Waals surface area (Å²) in [6.45, 7) is 8.97. The maximum Gasteiger partial charge on any atom is 0.191 e. The Hall–Kier alpha value is -1.83. The number of aryl methyl sites for hydroxylation is 1. The fourth-order valence-electron chi connectivity index (χ4n) is 2.44. The first-order chi connectivity index (χ1) is 12.2. The van der Waals surface area contributed by atoms with Crippen molar-refractivity contribution in [1.29, 1.82) is 0 Å². The fourth-order valence-corrected chi connectivity index (χ4v) is 2.44. The van der Waals surface area contributed by atoms with E-state index < -0.39 is 0 Å². The van der Waals surface area contributed by atoms with E-state index >= 15 is 0 Å². The Morgan fingerprint density at radius 2 is 2.00 bits per heavy atom. The second-order valence-corrected chi connectivity index (χ2v) is 5.74. The van der Waals surface area contributed by atoms with Crippen LogP contribution in [0.4, 0.5) is 0 Å². The Labute approximate surface area is 173 Å². The summed E-state index contributed by atoms with van der Waals surface area (Å²) in [5, 5.41) is 6.64. The van der Waals surface area contributed by atoms with Crippen molar-refractivity contribution in [2.45, 2.75) is 33.7 Å². The number of rotatable bonds is 8. The molecule has 0 saturated heterocycles. The third-order valence-electron chi connectivity index (χ3n) is 3.67. The number of hydrogen-bond acceptors (Lipinski definition) is 3. The summed E-state index contributed by atoms with van der Waals surface area (Å²) in [4.78, 5) is 9.02. The predicted octanol–water partition coefficient (Wildman–Crippen LogP) is 3.70. The zero-order valence-electron chi connectivity index (χ0n) is 15.8. The molecule has 2 rings (SSSR count). The van der Waals surface area contributed by atoms with E-state index in [1.54, 1.807) is 0 Å². The molecular weight excluding hydrogens is 439 g/mol. The zero-order chi connectivity index (χ0) is 17.9. The van der Waals surface area contributed by atoms with Crippen molar-refractivity contribution >= 4 is 29.9 Å². The van der Waals surface area contributed by atoms with Gasteiger partial charge in [-0.15, -0.1) is 24.0 Å². The predicted molar refractivity (Wildman–Crippen MR) is 119 cm³/mol. The molecule has 2 N–H and O–H groups in total. The molecule has 0 bridgehead atoms. The zero-order valence-corrected chi connectivity index (χ0v) is 18.1. The van der Waals surface area contributed by atoms with E-state index in [4.69, 9.17) is 4.74 Å². The third kappa shape index (κ3) is 7.59. The van der Waals surface area contributed by atoms with Gasteiger partial charge in [0.15, 0.2) is 5.96 Å². The molecule has 0 aliphatic rings. The van der Waals surface area contributed by atoms with Crippen molar-refractivity contribution in [3.63, 3.8) is 0 Å². The van der Waals surface area contributed by atoms with Crippen molar-refractivity contribution < 1.29 is 4.74 Å². The van der Waals surface area contributed by atoms with Crippen molar-refractivity contribution in [2.75, 3.05) is 19.7 Å². The lowest BCUT2D eigenvalue weighted by atomic mass is 10.1. The molecule has 1 aromatic heterocycles. The molecule has 0 saturated carbocycles. The van der Waals surface area contributed by atoms with E-state index in [1.165, 1.54) is 5.56 Å². The van der Waals surface area contributed by atoms with E-state index in [1.807, 2.05) is 31.3 Å². The van der Waals surface area contributed by atoms with Crippen LogP contribution in [0.1, 0.15) is 30.7 Å². The molecule has 142 valence electrons. The minimum absolute atomic E-state index is 0. The van der Waals surface area contributed by atoms with Gasteiger partial charge in [0.05, 0.1) is 13.2 Å². The van der Waals surface area contributed by atoms with Crippen LogP contribution < -0.4 is 15.4 Å². The van der Waals surface area contributed by atoms with Gasteiger partial charge >= 0.3 is 0 Å². The highest BCUT2D eigenvalue weighted by molar-refractivity contribution is 14.0. The Balaban J connectivity index is 0.00000338. The van der Waals surface area contributed by atoms with E-state index in [-0.39, 0.29) is 24.0 Å². The molecule has 0 radical (unpaired) electrons. The lowest BCUT2D eigenvalue weighted by Gasteiger charge is -2.13. The first kappa shape index (κ1) is 22.2. The fraction of sp³-hybridized carbons (Fsp3) is 0.400. The molecule has 0 amide bonds. The lowest BCUT2D eigenvalue weighted by Crippen LogP contribution is -2.38. The molecule has 0 spiro atoms. The van der Waals surface area contributed by atoms with Gasteiger partial charge in [0.2, 0.25) is 0 Å². The monoisotopic (exact) mass is 468 g/mol. The van der Waals surface area contributed by atoms with Gasteiger partial charge in [-0.1, -0.05) is 18.2 Å². The molecule has 0 unspecified atom stereocenters. The molecule has 0 aliphatic carbocycles. The maximum absolute atomic E-state index is 5.73. The van der Waals surface area contributed by atoms with Gasteiger partial charge in [0, 0.05) is 37.0 Å². The van der Waals surface area contributed by atoms with Crippen molar-refractivity contribution in [2.24, 2.45) is 4.99 Å². The van der Waals surface area contributed by atoms with Crippen molar-refractivity contribution in [1.82, 2.24) is 15.6 Å². The molecule has 6 heteroatoms. The SMILES string of the molecule is CCNC(=NCc1ccc(C)cc1OCC)NCCc1ccccn1.I. The number of benzene rings is 1. The van der Waals surface area contributed by atoms with Gasteiger partial charge in [-0.3, -0.25) is 4.98 Å². The molecule has 0 aliphatic heterocycles. The third-order valence-corrected chi connectivity index (χ3v) is 3.67. The van der Waals surface area contributed by atoms with Crippen LogP contribution in [0.2, 0.25) is 0 Å². The lowest BCUT2D eigenvalue weighted by molar-refractivity contribution is 0.336. The average molecular weight is 468 g/mol. The number of hydrogen-bond donors (Lipinski definition) is 2. The minimum atomic E-state index is 0. The number of pyridine rings is 1. The Morgan fingerprint density at radius 1 is 1.15 bits per heavy atom. The van der Waals surface area contributed by atoms with Crippen LogP contribution in [-0.4, -0.2) is 30.6 Å². The number of aliphatic imine (C=N–C) groups is 1. The Morgan fingerprint density at radius 3 is 2.69 bits per heavy atom. The summed E-state index contributed by atoms with van der Waals surface area (Å²) in [6, 6.07) is 12.2. The van der Waals surface area contributed by atoms with Crippen LogP contribution in [0.25, 0.3) is 0 Å². The number of guanidine groups is 1. The molecule has 1 aromatic carbocycles. The van der Waals surface area contributed by atoms with Gasteiger partial charge in [0.25, 0.3) is 0 Å². The molecule has 26 heavy (non-hydrogen) atoms. The molecule has 0 fully saturated rings. The summed E-state index contributed by atoms with van der Waals surface area (Å²) in [6.07, 6.45) is 2.68. The molecule has 2 aromatic rings. The Bertz CT molecular complexity index is 677. The number of nitrogens with zero attached hydrogens (tertiary/aromatic N) is 2. The van der Waals surface area contributed by atoms with Crippen LogP contribution in [0.5, 0.6) is 5.75 Å². The quantitative estimate of drug-likeness (QED) is 0.353. The van der Waals surface area contributed by atoms with Crippen LogP contribution in [0.3, 0.4) is 0 Å². The summed E-state index contributed by atoms with van der Waals surface area (Å²) in [5.41, 5.74) is 3.36. The van der Waals surface area contributed by atoms with E-state index in [9.17, 15) is 0 Å². The Kier molecular flexibility index (Phi) is 10.7. The van der Waals surface area contributed by atoms with E-state index in [0.29, 0.717) is 13.2 Å². The number of aromatic nitrogens is 1. The topological polar surface area (TPSA) is 58.5 Å². The summed E-state index contributed by atoms with van der Waals surface area (Å²) in [7, 11) is 0. The van der Waals surface area contributed by atoms with Gasteiger partial charge < -0.3 is 15.4 Å². The molecule has 5 nitrogen and oxygen atoms in total. The average Bonchev–Trinajstić information content (AvgIpc) is 2.62. The highest BCUT2D eigenvalue weighted by atomic mass is 127. The highest BCUT2D eigenvalue weighted by Crippen LogP contribution is 2.21. The van der Waals surface area contributed by atoms with Crippen molar-refractivity contribution in [3.05, 3.63) is 59.4 Å². The summed E-state index contributed by atoms with van der Waals surface area (Å²) < 4.78 is 5.73. The number of halogens is 1. The minimum Gasteiger partial charge on any atom is -0.494 e. The summed E-state index contributed by atoms with van der Waals surface area (Å²) >= 11 is 0. The van der Waals surface area contributed by atoms with Gasteiger partial charge in [-0.25, -0.2) is 4.99 Å². The maximum atomic E-state index is 5.73. The summed E-state index contributed by atoms with van der Waals surface area (Å²) in [5.74, 6) is 1.72. The van der Waals surface area contributed by atoms with E-state index in [2.05, 4.69) is 52.7 Å². The van der Waals surface area contributed by atoms with Crippen LogP contribution in [0.15, 0.2) is 47.6 Å². The highest BCUT2D eigenvalue weighted by Gasteiger charge is 2.04. The standard InChI is InChI=1S/C20H28N4O.HI/c1-4-21-20(23-13-11-18-8-6-7-12-22-18)24-15-17-10-9-16(3)14-19(17)25-5-2;/h6-10,12,14H,4-5,11,13,15H2,1-3H3,(H2,21,23,24);1H. The number of ether oxygens (including phenoxy) is 1. The van der Waals surface area contributed by atoms with Crippen molar-refractivity contribution in [3.8, 4) is 5.75 Å². The first-order valence-corrected chi connectivity index (χ1v) is 8.87. The van der Waals surface area contributed by atoms with Gasteiger partial charge in [-0.2, -0.15) is 0 Å². The number of nitrogens with one attached hydrogen (secondary N) is 2. The smallest absolute Gasteiger partial charge is 0.191 e. The first-order valence-electron chi connectivity index (χ1n) is 8.87. The van der Waals surface area contributed by atoms with Crippen LogP contribution in [0, 0.1) is 6.92 Å².